The van der Waals surface area contributed by atoms with E-state index >= 15 is 0 Å². The molecule has 2 rings (SSSR count). The maximum Gasteiger partial charge on any atom is 0.273 e. The molecule has 0 N–H and O–H groups in total. The molecule has 0 saturated carbocycles. The van der Waals surface area contributed by atoms with E-state index in [2.05, 4.69) is 4.98 Å². The van der Waals surface area contributed by atoms with Gasteiger partial charge in [-0.2, -0.15) is 5.26 Å². The number of nitrogens with zero attached hydrogens (tertiary/aromatic N) is 3. The van der Waals surface area contributed by atoms with Crippen molar-refractivity contribution in [3.05, 3.63) is 56.4 Å². The molecular weight excluding hydrogens is 294 g/mol. The number of ether oxygens (including phenoxy) is 1. The molecule has 0 bridgehead atoms. The number of nitro benzene ring substituents is 1. The third-order valence-corrected chi connectivity index (χ3v) is 3.06. The lowest BCUT2D eigenvalue weighted by Gasteiger charge is -2.11. The molecule has 0 unspecified atom stereocenters. The van der Waals surface area contributed by atoms with Gasteiger partial charge >= 0.3 is 0 Å². The summed E-state index contributed by atoms with van der Waals surface area (Å²) < 4.78 is 5.58. The summed E-state index contributed by atoms with van der Waals surface area (Å²) in [5.41, 5.74) is 1.32. The summed E-state index contributed by atoms with van der Waals surface area (Å²) in [5.74, 6) is 0.386. The van der Waals surface area contributed by atoms with Gasteiger partial charge in [0.25, 0.3) is 5.69 Å². The monoisotopic (exact) mass is 303 g/mol. The zero-order valence-corrected chi connectivity index (χ0v) is 12.0. The highest BCUT2D eigenvalue weighted by molar-refractivity contribution is 6.32. The quantitative estimate of drug-likeness (QED) is 0.633. The van der Waals surface area contributed by atoms with E-state index in [1.54, 1.807) is 19.9 Å². The molecule has 0 aliphatic rings. The van der Waals surface area contributed by atoms with E-state index in [9.17, 15) is 10.1 Å². The van der Waals surface area contributed by atoms with Crippen molar-refractivity contribution in [2.24, 2.45) is 0 Å². The van der Waals surface area contributed by atoms with E-state index in [0.717, 1.165) is 0 Å². The Kier molecular flexibility index (Phi) is 4.05. The molecule has 7 heteroatoms. The Bertz CT molecular complexity index is 769. The third-order valence-electron chi connectivity index (χ3n) is 2.75. The van der Waals surface area contributed by atoms with Crippen LogP contribution in [0.4, 0.5) is 5.69 Å². The van der Waals surface area contributed by atoms with E-state index in [-0.39, 0.29) is 27.8 Å². The fraction of sp³-hybridized carbons (Fsp3) is 0.143. The second-order valence-electron chi connectivity index (χ2n) is 4.31. The van der Waals surface area contributed by atoms with Crippen LogP contribution in [0.2, 0.25) is 5.02 Å². The fourth-order valence-corrected chi connectivity index (χ4v) is 1.97. The predicted octanol–water partition coefficient (Wildman–Crippen LogP) is 3.92. The summed E-state index contributed by atoms with van der Waals surface area (Å²) in [5, 5.41) is 20.2. The predicted molar refractivity (Wildman–Crippen MR) is 76.6 cm³/mol. The molecule has 0 atom stereocenters. The molecule has 2 aromatic rings. The summed E-state index contributed by atoms with van der Waals surface area (Å²) in [4.78, 5) is 14.4. The first-order valence-corrected chi connectivity index (χ1v) is 6.30. The van der Waals surface area contributed by atoms with Crippen LogP contribution in [0, 0.1) is 35.3 Å². The van der Waals surface area contributed by atoms with Crippen LogP contribution in [0.25, 0.3) is 0 Å². The van der Waals surface area contributed by atoms with Crippen molar-refractivity contribution in [2.45, 2.75) is 13.8 Å². The number of benzene rings is 1. The van der Waals surface area contributed by atoms with Crippen molar-refractivity contribution in [2.75, 3.05) is 0 Å². The molecule has 0 aliphatic heterocycles. The Labute approximate surface area is 125 Å². The normalized spacial score (nSPS) is 10.0. The first-order chi connectivity index (χ1) is 9.92. The molecule has 6 nitrogen and oxygen atoms in total. The Hall–Kier alpha value is -2.65. The molecule has 0 radical (unpaired) electrons. The van der Waals surface area contributed by atoms with Gasteiger partial charge in [0.2, 0.25) is 0 Å². The highest BCUT2D eigenvalue weighted by Crippen LogP contribution is 2.34. The second-order valence-corrected chi connectivity index (χ2v) is 4.72. The molecule has 0 saturated heterocycles. The van der Waals surface area contributed by atoms with E-state index < -0.39 is 4.92 Å². The van der Waals surface area contributed by atoms with Gasteiger partial charge in [0, 0.05) is 17.8 Å². The average Bonchev–Trinajstić information content (AvgIpc) is 2.40. The number of hydrogen-bond donors (Lipinski definition) is 0. The molecule has 0 amide bonds. The van der Waals surface area contributed by atoms with Crippen LogP contribution >= 0.6 is 11.6 Å². The zero-order valence-electron chi connectivity index (χ0n) is 11.3. The number of non-ortho nitro benzene ring substituents is 1. The Morgan fingerprint density at radius 1 is 1.33 bits per heavy atom. The Morgan fingerprint density at radius 3 is 2.67 bits per heavy atom. The van der Waals surface area contributed by atoms with E-state index in [1.165, 1.54) is 18.2 Å². The largest absolute Gasteiger partial charge is 0.454 e. The molecule has 106 valence electrons. The first kappa shape index (κ1) is 14.8. The molecule has 0 aliphatic carbocycles. The smallest absolute Gasteiger partial charge is 0.273 e. The number of rotatable bonds is 3. The van der Waals surface area contributed by atoms with Crippen LogP contribution in [0.3, 0.4) is 0 Å². The van der Waals surface area contributed by atoms with Crippen molar-refractivity contribution in [3.8, 4) is 17.6 Å². The first-order valence-electron chi connectivity index (χ1n) is 5.92. The van der Waals surface area contributed by atoms with Crippen molar-refractivity contribution in [1.82, 2.24) is 4.98 Å². The molecule has 1 heterocycles. The van der Waals surface area contributed by atoms with Crippen LogP contribution in [0.15, 0.2) is 24.3 Å². The third kappa shape index (κ3) is 3.09. The van der Waals surface area contributed by atoms with Crippen LogP contribution in [-0.4, -0.2) is 9.91 Å². The van der Waals surface area contributed by atoms with Crippen molar-refractivity contribution >= 4 is 17.3 Å². The van der Waals surface area contributed by atoms with Gasteiger partial charge < -0.3 is 4.74 Å². The van der Waals surface area contributed by atoms with Gasteiger partial charge in [-0.25, -0.2) is 0 Å². The van der Waals surface area contributed by atoms with E-state index in [1.807, 2.05) is 6.07 Å². The molecule has 1 aromatic heterocycles. The molecule has 0 spiro atoms. The van der Waals surface area contributed by atoms with Gasteiger partial charge in [0.15, 0.2) is 5.75 Å². The molecule has 1 aromatic carbocycles. The summed E-state index contributed by atoms with van der Waals surface area (Å²) in [7, 11) is 0. The Balaban J connectivity index is 2.50. The van der Waals surface area contributed by atoms with Gasteiger partial charge in [-0.15, -0.1) is 0 Å². The number of pyridine rings is 1. The Morgan fingerprint density at radius 2 is 2.05 bits per heavy atom. The minimum atomic E-state index is -0.544. The lowest BCUT2D eigenvalue weighted by atomic mass is 10.2. The highest BCUT2D eigenvalue weighted by Gasteiger charge is 2.15. The SMILES string of the molecule is Cc1cc(Oc2cc([N+](=O)[O-])ccc2Cl)c(C#N)c(C)n1. The number of halogens is 1. The standard InChI is InChI=1S/C14H10ClN3O3/c1-8-5-13(11(7-16)9(2)17-8)21-14-6-10(18(19)20)3-4-12(14)15/h3-6H,1-2H3. The average molecular weight is 304 g/mol. The van der Waals surface area contributed by atoms with E-state index in [0.29, 0.717) is 11.4 Å². The van der Waals surface area contributed by atoms with E-state index in [4.69, 9.17) is 21.6 Å². The number of aromatic nitrogens is 1. The minimum absolute atomic E-state index is 0.118. The van der Waals surface area contributed by atoms with Gasteiger partial charge in [-0.3, -0.25) is 15.1 Å². The zero-order chi connectivity index (χ0) is 15.6. The fourth-order valence-electron chi connectivity index (χ4n) is 1.81. The van der Waals surface area contributed by atoms with Crippen LogP contribution in [-0.2, 0) is 0 Å². The summed E-state index contributed by atoms with van der Waals surface area (Å²) in [6.45, 7) is 3.45. The molecule has 21 heavy (non-hydrogen) atoms. The minimum Gasteiger partial charge on any atom is -0.454 e. The van der Waals surface area contributed by atoms with Gasteiger partial charge in [0.05, 0.1) is 21.7 Å². The summed E-state index contributed by atoms with van der Waals surface area (Å²) >= 11 is 5.98. The number of nitro groups is 1. The maximum absolute atomic E-state index is 10.8. The van der Waals surface area contributed by atoms with Crippen molar-refractivity contribution in [1.29, 1.82) is 5.26 Å². The van der Waals surface area contributed by atoms with Gasteiger partial charge in [-0.05, 0) is 19.9 Å². The number of nitriles is 1. The van der Waals surface area contributed by atoms with Crippen LogP contribution in [0.1, 0.15) is 17.0 Å². The lowest BCUT2D eigenvalue weighted by molar-refractivity contribution is -0.384. The van der Waals surface area contributed by atoms with Crippen molar-refractivity contribution < 1.29 is 9.66 Å². The maximum atomic E-state index is 10.8. The van der Waals surface area contributed by atoms with Crippen LogP contribution < -0.4 is 4.74 Å². The highest BCUT2D eigenvalue weighted by atomic mass is 35.5. The number of aryl methyl sites for hydroxylation is 2. The molecular formula is C14H10ClN3O3. The summed E-state index contributed by atoms with van der Waals surface area (Å²) in [6, 6.07) is 7.46. The van der Waals surface area contributed by atoms with Crippen LogP contribution in [0.5, 0.6) is 11.5 Å². The van der Waals surface area contributed by atoms with Gasteiger partial charge in [-0.1, -0.05) is 11.6 Å². The second kappa shape index (κ2) is 5.77. The lowest BCUT2D eigenvalue weighted by Crippen LogP contribution is -1.97. The number of hydrogen-bond acceptors (Lipinski definition) is 5. The topological polar surface area (TPSA) is 89.0 Å². The van der Waals surface area contributed by atoms with Gasteiger partial charge in [0.1, 0.15) is 17.4 Å². The van der Waals surface area contributed by atoms with Crippen molar-refractivity contribution in [3.63, 3.8) is 0 Å². The summed E-state index contributed by atoms with van der Waals surface area (Å²) in [6.07, 6.45) is 0. The molecule has 0 fully saturated rings.